The lowest BCUT2D eigenvalue weighted by atomic mass is 9.97. The van der Waals surface area contributed by atoms with E-state index in [4.69, 9.17) is 0 Å². The number of esters is 1. The number of methoxy groups -OCH3 is 1. The third-order valence-electron chi connectivity index (χ3n) is 4.02. The van der Waals surface area contributed by atoms with Gasteiger partial charge in [0.25, 0.3) is 11.1 Å². The number of hydrogen-bond acceptors (Lipinski definition) is 7. The second-order valence-corrected chi connectivity index (χ2v) is 7.46. The lowest BCUT2D eigenvalue weighted by Crippen LogP contribution is -2.31. The highest BCUT2D eigenvalue weighted by Gasteiger charge is 2.22. The Morgan fingerprint density at radius 3 is 2.78 bits per heavy atom. The van der Waals surface area contributed by atoms with E-state index >= 15 is 0 Å². The number of aryl methyl sites for hydroxylation is 2. The molecule has 3 aromatic rings. The molecule has 0 spiro atoms. The second kappa shape index (κ2) is 5.24. The molecule has 1 aliphatic rings. The predicted octanol–water partition coefficient (Wildman–Crippen LogP) is 0.882. The highest BCUT2D eigenvalue weighted by molar-refractivity contribution is 7.19. The van der Waals surface area contributed by atoms with Gasteiger partial charge in [-0.1, -0.05) is 11.3 Å². The van der Waals surface area contributed by atoms with Crippen LogP contribution in [-0.2, 0) is 22.4 Å². The van der Waals surface area contributed by atoms with Gasteiger partial charge in [-0.3, -0.25) is 9.59 Å². The topological polar surface area (TPSA) is 77.7 Å². The molecule has 0 aromatic carbocycles. The van der Waals surface area contributed by atoms with E-state index in [1.54, 1.807) is 11.3 Å². The molecule has 0 bridgehead atoms. The van der Waals surface area contributed by atoms with Crippen molar-refractivity contribution in [3.05, 3.63) is 35.7 Å². The number of carbonyl (C=O) groups is 1. The Bertz CT molecular complexity index is 1120. The molecule has 0 aliphatic heterocycles. The number of carbonyl (C=O) groups excluding carboxylic acids is 1. The maximum Gasteiger partial charge on any atom is 0.332 e. The normalized spacial score (nSPS) is 15.3. The van der Waals surface area contributed by atoms with Gasteiger partial charge in [0.15, 0.2) is 0 Å². The molecule has 3 aromatic heterocycles. The summed E-state index contributed by atoms with van der Waals surface area (Å²) < 4.78 is 5.77. The van der Waals surface area contributed by atoms with Crippen LogP contribution in [0.15, 0.2) is 9.59 Å². The number of hydrogen-bond donors (Lipinski definition) is 0. The number of thiazole rings is 1. The van der Waals surface area contributed by atoms with Gasteiger partial charge in [0.1, 0.15) is 9.36 Å². The molecule has 0 unspecified atom stereocenters. The smallest absolute Gasteiger partial charge is 0.332 e. The van der Waals surface area contributed by atoms with Crippen molar-refractivity contribution in [1.29, 1.82) is 0 Å². The minimum atomic E-state index is -0.624. The average molecular weight is 348 g/mol. The summed E-state index contributed by atoms with van der Waals surface area (Å²) in [6.07, 6.45) is 5.11. The average Bonchev–Trinajstić information content (AvgIpc) is 3.06. The van der Waals surface area contributed by atoms with Crippen molar-refractivity contribution in [3.8, 4) is 0 Å². The van der Waals surface area contributed by atoms with Crippen molar-refractivity contribution in [2.45, 2.75) is 25.7 Å². The molecule has 0 N–H and O–H groups in total. The molecule has 23 heavy (non-hydrogen) atoms. The summed E-state index contributed by atoms with van der Waals surface area (Å²) >= 11 is 2.57. The maximum atomic E-state index is 12.8. The van der Waals surface area contributed by atoms with E-state index in [1.165, 1.54) is 12.0 Å². The number of aromatic nitrogens is 2. The fraction of sp³-hybridized carbons (Fsp3) is 0.333. The lowest BCUT2D eigenvalue weighted by molar-refractivity contribution is -0.133. The second-order valence-electron chi connectivity index (χ2n) is 5.36. The van der Waals surface area contributed by atoms with Gasteiger partial charge in [0.05, 0.1) is 12.5 Å². The lowest BCUT2D eigenvalue weighted by Gasteiger charge is -2.09. The quantitative estimate of drug-likeness (QED) is 0.610. The first-order valence-electron chi connectivity index (χ1n) is 7.19. The van der Waals surface area contributed by atoms with Gasteiger partial charge in [-0.2, -0.15) is 0 Å². The molecule has 6 nitrogen and oxygen atoms in total. The standard InChI is InChI=1S/C15H12N2O4S2/c1-21-10(18)6-9-13(19)17-14(20)11-7-4-2-3-5-8(7)22-12(11)16-15(17)23-9/h6H,2-5H2,1H3/b9-6+. The van der Waals surface area contributed by atoms with Crippen LogP contribution in [0.3, 0.4) is 0 Å². The molecule has 1 aliphatic carbocycles. The van der Waals surface area contributed by atoms with Gasteiger partial charge in [0, 0.05) is 11.0 Å². The van der Waals surface area contributed by atoms with Crippen LogP contribution >= 0.6 is 22.7 Å². The zero-order valence-electron chi connectivity index (χ0n) is 12.2. The molecule has 0 fully saturated rings. The van der Waals surface area contributed by atoms with Crippen LogP contribution in [0.2, 0.25) is 0 Å². The van der Waals surface area contributed by atoms with E-state index < -0.39 is 11.5 Å². The molecule has 0 radical (unpaired) electrons. The first kappa shape index (κ1) is 14.5. The van der Waals surface area contributed by atoms with E-state index in [9.17, 15) is 14.4 Å². The summed E-state index contributed by atoms with van der Waals surface area (Å²) in [6.45, 7) is 0. The van der Waals surface area contributed by atoms with Gasteiger partial charge < -0.3 is 4.74 Å². The molecule has 118 valence electrons. The Labute approximate surface area is 137 Å². The molecule has 0 saturated heterocycles. The minimum absolute atomic E-state index is 0.160. The fourth-order valence-electron chi connectivity index (χ4n) is 2.94. The first-order chi connectivity index (χ1) is 11.1. The van der Waals surface area contributed by atoms with Gasteiger partial charge >= 0.3 is 5.97 Å². The Kier molecular flexibility index (Phi) is 3.31. The van der Waals surface area contributed by atoms with Gasteiger partial charge in [-0.05, 0) is 31.2 Å². The van der Waals surface area contributed by atoms with Crippen molar-refractivity contribution < 1.29 is 9.53 Å². The monoisotopic (exact) mass is 348 g/mol. The van der Waals surface area contributed by atoms with Crippen LogP contribution in [0.1, 0.15) is 23.3 Å². The third-order valence-corrected chi connectivity index (χ3v) is 6.18. The van der Waals surface area contributed by atoms with E-state index in [-0.39, 0.29) is 10.1 Å². The summed E-state index contributed by atoms with van der Waals surface area (Å²) in [5.41, 5.74) is 0.216. The minimum Gasteiger partial charge on any atom is -0.466 e. The van der Waals surface area contributed by atoms with E-state index in [2.05, 4.69) is 9.72 Å². The number of thiophene rings is 1. The van der Waals surface area contributed by atoms with E-state index in [1.807, 2.05) is 0 Å². The molecular formula is C15H12N2O4S2. The predicted molar refractivity (Wildman–Crippen MR) is 89.3 cm³/mol. The number of fused-ring (bicyclic) bond motifs is 4. The van der Waals surface area contributed by atoms with Gasteiger partial charge in [0.2, 0.25) is 4.96 Å². The highest BCUT2D eigenvalue weighted by atomic mass is 32.1. The summed E-state index contributed by atoms with van der Waals surface area (Å²) in [7, 11) is 1.24. The fourth-order valence-corrected chi connectivity index (χ4v) is 5.18. The molecule has 3 heterocycles. The van der Waals surface area contributed by atoms with Crippen LogP contribution in [0.25, 0.3) is 21.3 Å². The van der Waals surface area contributed by atoms with Crippen molar-refractivity contribution in [3.63, 3.8) is 0 Å². The third kappa shape index (κ3) is 2.13. The van der Waals surface area contributed by atoms with E-state index in [0.717, 1.165) is 53.1 Å². The van der Waals surface area contributed by atoms with Crippen LogP contribution in [0.4, 0.5) is 0 Å². The zero-order valence-corrected chi connectivity index (χ0v) is 13.9. The summed E-state index contributed by atoms with van der Waals surface area (Å²) in [4.78, 5) is 43.3. The SMILES string of the molecule is COC(=O)/C=c1/sc2nc3sc4c(c3c(=O)n2c1=O)CCCC4. The van der Waals surface area contributed by atoms with Crippen LogP contribution < -0.4 is 15.7 Å². The zero-order chi connectivity index (χ0) is 16.1. The summed E-state index contributed by atoms with van der Waals surface area (Å²) in [5, 5.41) is 0.571. The van der Waals surface area contributed by atoms with Crippen molar-refractivity contribution in [1.82, 2.24) is 9.38 Å². The molecule has 4 rings (SSSR count). The largest absolute Gasteiger partial charge is 0.466 e. The Balaban J connectivity index is 2.11. The summed E-state index contributed by atoms with van der Waals surface area (Å²) in [5.74, 6) is -0.624. The molecule has 0 atom stereocenters. The van der Waals surface area contributed by atoms with Crippen LogP contribution in [0.5, 0.6) is 0 Å². The number of ether oxygens (including phenoxy) is 1. The van der Waals surface area contributed by atoms with E-state index in [0.29, 0.717) is 15.2 Å². The Hall–Kier alpha value is -2.06. The van der Waals surface area contributed by atoms with Crippen LogP contribution in [-0.4, -0.2) is 22.5 Å². The van der Waals surface area contributed by atoms with Gasteiger partial charge in [-0.15, -0.1) is 11.3 Å². The molecular weight excluding hydrogens is 336 g/mol. The van der Waals surface area contributed by atoms with Crippen LogP contribution in [0, 0.1) is 0 Å². The molecule has 0 amide bonds. The maximum absolute atomic E-state index is 12.8. The van der Waals surface area contributed by atoms with Crippen molar-refractivity contribution in [2.24, 2.45) is 0 Å². The molecule has 8 heteroatoms. The van der Waals surface area contributed by atoms with Crippen molar-refractivity contribution >= 4 is 49.9 Å². The first-order valence-corrected chi connectivity index (χ1v) is 8.83. The summed E-state index contributed by atoms with van der Waals surface area (Å²) in [6, 6.07) is 0. The Morgan fingerprint density at radius 1 is 1.22 bits per heavy atom. The number of nitrogens with zero attached hydrogens (tertiary/aromatic N) is 2. The van der Waals surface area contributed by atoms with Gasteiger partial charge in [-0.25, -0.2) is 14.2 Å². The van der Waals surface area contributed by atoms with Crippen molar-refractivity contribution in [2.75, 3.05) is 7.11 Å². The Morgan fingerprint density at radius 2 is 2.00 bits per heavy atom. The molecule has 0 saturated carbocycles. The number of rotatable bonds is 1. The highest BCUT2D eigenvalue weighted by Crippen LogP contribution is 2.33.